The highest BCUT2D eigenvalue weighted by Gasteiger charge is 2.45. The molecule has 1 aromatic heterocycles. The fourth-order valence-electron chi connectivity index (χ4n) is 4.77. The van der Waals surface area contributed by atoms with Crippen LogP contribution in [0.3, 0.4) is 0 Å². The van der Waals surface area contributed by atoms with E-state index in [0.29, 0.717) is 12.1 Å². The van der Waals surface area contributed by atoms with Gasteiger partial charge >= 0.3 is 0 Å². The summed E-state index contributed by atoms with van der Waals surface area (Å²) in [7, 11) is 0. The van der Waals surface area contributed by atoms with Gasteiger partial charge in [-0.15, -0.1) is 0 Å². The van der Waals surface area contributed by atoms with E-state index in [-0.39, 0.29) is 0 Å². The Morgan fingerprint density at radius 3 is 2.84 bits per heavy atom. The van der Waals surface area contributed by atoms with Gasteiger partial charge in [0.15, 0.2) is 0 Å². The highest BCUT2D eigenvalue weighted by molar-refractivity contribution is 5.10. The number of imidazole rings is 1. The molecule has 3 nitrogen and oxygen atoms in total. The number of fused-ring (bicyclic) bond motifs is 1. The number of hydrogen-bond acceptors (Lipinski definition) is 2. The van der Waals surface area contributed by atoms with Gasteiger partial charge < -0.3 is 9.88 Å². The molecule has 0 amide bonds. The summed E-state index contributed by atoms with van der Waals surface area (Å²) in [5, 5.41) is 3.88. The largest absolute Gasteiger partial charge is 0.331 e. The quantitative estimate of drug-likeness (QED) is 0.879. The fourth-order valence-corrected chi connectivity index (χ4v) is 4.77. The third-order valence-electron chi connectivity index (χ3n) is 5.77. The lowest BCUT2D eigenvalue weighted by molar-refractivity contribution is 0.0329. The maximum atomic E-state index is 4.54. The Balaban J connectivity index is 1.37. The van der Waals surface area contributed by atoms with E-state index in [2.05, 4.69) is 28.0 Å². The van der Waals surface area contributed by atoms with Gasteiger partial charge in [-0.3, -0.25) is 0 Å². The second kappa shape index (κ2) is 4.34. The van der Waals surface area contributed by atoms with Gasteiger partial charge in [-0.2, -0.15) is 0 Å². The van der Waals surface area contributed by atoms with E-state index in [1.807, 2.05) is 6.20 Å². The summed E-state index contributed by atoms with van der Waals surface area (Å²) >= 11 is 0. The van der Waals surface area contributed by atoms with Crippen molar-refractivity contribution in [1.82, 2.24) is 14.9 Å². The Morgan fingerprint density at radius 1 is 1.26 bits per heavy atom. The van der Waals surface area contributed by atoms with E-state index in [1.165, 1.54) is 57.2 Å². The van der Waals surface area contributed by atoms with E-state index in [1.54, 1.807) is 0 Å². The third kappa shape index (κ3) is 1.94. The lowest BCUT2D eigenvalue weighted by Gasteiger charge is -2.51. The van der Waals surface area contributed by atoms with E-state index >= 15 is 0 Å². The molecule has 2 fully saturated rings. The van der Waals surface area contributed by atoms with Crippen molar-refractivity contribution in [3.63, 3.8) is 0 Å². The minimum atomic E-state index is 0.496. The van der Waals surface area contributed by atoms with Crippen molar-refractivity contribution in [2.45, 2.75) is 76.4 Å². The lowest BCUT2D eigenvalue weighted by atomic mass is 9.58. The molecule has 3 heteroatoms. The van der Waals surface area contributed by atoms with Crippen molar-refractivity contribution in [3.05, 3.63) is 18.2 Å². The van der Waals surface area contributed by atoms with Crippen LogP contribution in [-0.4, -0.2) is 15.6 Å². The summed E-state index contributed by atoms with van der Waals surface area (Å²) in [5.41, 5.74) is 0.732. The Labute approximate surface area is 115 Å². The molecule has 1 aromatic rings. The highest BCUT2D eigenvalue weighted by Crippen LogP contribution is 2.52. The van der Waals surface area contributed by atoms with Gasteiger partial charge in [-0.25, -0.2) is 4.98 Å². The molecule has 0 bridgehead atoms. The van der Waals surface area contributed by atoms with E-state index in [4.69, 9.17) is 0 Å². The lowest BCUT2D eigenvalue weighted by Crippen LogP contribution is -2.50. The monoisotopic (exact) mass is 259 g/mol. The molecule has 0 radical (unpaired) electrons. The van der Waals surface area contributed by atoms with Gasteiger partial charge in [0.2, 0.25) is 0 Å². The van der Waals surface area contributed by atoms with Crippen LogP contribution in [0.2, 0.25) is 0 Å². The van der Waals surface area contributed by atoms with Gasteiger partial charge in [0.1, 0.15) is 5.82 Å². The van der Waals surface area contributed by atoms with Crippen molar-refractivity contribution < 1.29 is 0 Å². The summed E-state index contributed by atoms with van der Waals surface area (Å²) in [6.45, 7) is 2.30. The summed E-state index contributed by atoms with van der Waals surface area (Å²) in [6.07, 6.45) is 15.5. The zero-order chi connectivity index (χ0) is 12.9. The molecule has 1 spiro atoms. The van der Waals surface area contributed by atoms with Gasteiger partial charge in [0.25, 0.3) is 0 Å². The molecule has 2 aliphatic carbocycles. The highest BCUT2D eigenvalue weighted by atomic mass is 15.2. The van der Waals surface area contributed by atoms with Crippen molar-refractivity contribution in [2.24, 2.45) is 5.41 Å². The van der Waals surface area contributed by atoms with Crippen LogP contribution in [0.5, 0.6) is 0 Å². The maximum absolute atomic E-state index is 4.54. The van der Waals surface area contributed by atoms with Crippen molar-refractivity contribution >= 4 is 0 Å². The Kier molecular flexibility index (Phi) is 2.73. The molecule has 0 aromatic carbocycles. The third-order valence-corrected chi connectivity index (χ3v) is 5.77. The Hall–Kier alpha value is -0.830. The first kappa shape index (κ1) is 12.0. The van der Waals surface area contributed by atoms with Crippen LogP contribution in [0.25, 0.3) is 0 Å². The molecule has 2 unspecified atom stereocenters. The predicted octanol–water partition coefficient (Wildman–Crippen LogP) is 3.59. The SMILES string of the molecule is CC1CC(NC2CC3(CCCCC3)C2)c2nccn21. The van der Waals surface area contributed by atoms with Crippen LogP contribution in [0, 0.1) is 5.41 Å². The van der Waals surface area contributed by atoms with Crippen molar-refractivity contribution in [1.29, 1.82) is 0 Å². The molecule has 19 heavy (non-hydrogen) atoms. The smallest absolute Gasteiger partial charge is 0.126 e. The molecule has 2 saturated carbocycles. The second-order valence-corrected chi connectivity index (χ2v) is 7.16. The zero-order valence-corrected chi connectivity index (χ0v) is 11.9. The minimum Gasteiger partial charge on any atom is -0.331 e. The van der Waals surface area contributed by atoms with Gasteiger partial charge in [0, 0.05) is 24.5 Å². The summed E-state index contributed by atoms with van der Waals surface area (Å²) in [4.78, 5) is 4.54. The standard InChI is InChI=1S/C16H25N3/c1-12-9-14(15-17-7-8-19(12)15)18-13-10-16(11-13)5-3-2-4-6-16/h7-8,12-14,18H,2-6,9-11H2,1H3. The van der Waals surface area contributed by atoms with Crippen LogP contribution >= 0.6 is 0 Å². The topological polar surface area (TPSA) is 29.9 Å². The number of rotatable bonds is 2. The summed E-state index contributed by atoms with van der Waals surface area (Å²) in [6, 6.07) is 1.85. The molecule has 1 aliphatic heterocycles. The Morgan fingerprint density at radius 2 is 2.05 bits per heavy atom. The van der Waals surface area contributed by atoms with Crippen LogP contribution in [0.15, 0.2) is 12.4 Å². The Bertz CT molecular complexity index is 450. The first-order chi connectivity index (χ1) is 9.26. The van der Waals surface area contributed by atoms with Crippen LogP contribution in [0.4, 0.5) is 0 Å². The molecule has 4 rings (SSSR count). The molecular weight excluding hydrogens is 234 g/mol. The number of nitrogens with zero attached hydrogens (tertiary/aromatic N) is 2. The number of aromatic nitrogens is 2. The van der Waals surface area contributed by atoms with E-state index in [9.17, 15) is 0 Å². The average Bonchev–Trinajstić information content (AvgIpc) is 2.95. The molecule has 1 N–H and O–H groups in total. The zero-order valence-electron chi connectivity index (χ0n) is 11.9. The normalized spacial score (nSPS) is 33.3. The van der Waals surface area contributed by atoms with Crippen LogP contribution in [0.1, 0.15) is 76.2 Å². The van der Waals surface area contributed by atoms with Gasteiger partial charge in [-0.1, -0.05) is 19.3 Å². The van der Waals surface area contributed by atoms with Crippen molar-refractivity contribution in [3.8, 4) is 0 Å². The predicted molar refractivity (Wildman–Crippen MR) is 76.0 cm³/mol. The molecule has 0 saturated heterocycles. The van der Waals surface area contributed by atoms with Crippen LogP contribution < -0.4 is 5.32 Å². The molecular formula is C16H25N3. The second-order valence-electron chi connectivity index (χ2n) is 7.16. The van der Waals surface area contributed by atoms with E-state index in [0.717, 1.165) is 11.5 Å². The first-order valence-corrected chi connectivity index (χ1v) is 8.05. The summed E-state index contributed by atoms with van der Waals surface area (Å²) in [5.74, 6) is 1.26. The van der Waals surface area contributed by atoms with E-state index < -0.39 is 0 Å². The summed E-state index contributed by atoms with van der Waals surface area (Å²) < 4.78 is 2.34. The molecule has 3 aliphatic rings. The molecule has 2 heterocycles. The fraction of sp³-hybridized carbons (Fsp3) is 0.812. The number of nitrogens with one attached hydrogen (secondary N) is 1. The maximum Gasteiger partial charge on any atom is 0.126 e. The molecule has 104 valence electrons. The van der Waals surface area contributed by atoms with Gasteiger partial charge in [0.05, 0.1) is 6.04 Å². The number of hydrogen-bond donors (Lipinski definition) is 1. The van der Waals surface area contributed by atoms with Gasteiger partial charge in [-0.05, 0) is 44.4 Å². The van der Waals surface area contributed by atoms with Crippen LogP contribution in [-0.2, 0) is 0 Å². The first-order valence-electron chi connectivity index (χ1n) is 8.05. The van der Waals surface area contributed by atoms with Crippen molar-refractivity contribution in [2.75, 3.05) is 0 Å². The molecule has 2 atom stereocenters. The minimum absolute atomic E-state index is 0.496. The average molecular weight is 259 g/mol.